The molecule has 0 saturated carbocycles. The molecule has 0 aliphatic heterocycles. The molecule has 1 unspecified atom stereocenters. The van der Waals surface area contributed by atoms with Gasteiger partial charge < -0.3 is 5.32 Å². The lowest BCUT2D eigenvalue weighted by atomic mass is 10.1. The molecule has 0 aromatic heterocycles. The van der Waals surface area contributed by atoms with Gasteiger partial charge in [0, 0.05) is 0 Å². The van der Waals surface area contributed by atoms with Gasteiger partial charge in [0.15, 0.2) is 0 Å². The third-order valence-corrected chi connectivity index (χ3v) is 3.23. The first-order chi connectivity index (χ1) is 10.1. The molecule has 0 aliphatic rings. The summed E-state index contributed by atoms with van der Waals surface area (Å²) in [4.78, 5) is 12.0. The first kappa shape index (κ1) is 14.7. The van der Waals surface area contributed by atoms with Crippen LogP contribution in [-0.2, 0) is 11.2 Å². The van der Waals surface area contributed by atoms with Crippen molar-refractivity contribution in [2.24, 2.45) is 0 Å². The Balaban J connectivity index is 2.04. The van der Waals surface area contributed by atoms with Crippen LogP contribution >= 0.6 is 0 Å². The summed E-state index contributed by atoms with van der Waals surface area (Å²) >= 11 is 0. The molecule has 0 heterocycles. The van der Waals surface area contributed by atoms with Crippen molar-refractivity contribution in [3.8, 4) is 6.07 Å². The van der Waals surface area contributed by atoms with Crippen molar-refractivity contribution in [1.82, 2.24) is 5.32 Å². The van der Waals surface area contributed by atoms with Gasteiger partial charge in [-0.15, -0.1) is 0 Å². The van der Waals surface area contributed by atoms with Crippen LogP contribution in [0.5, 0.6) is 0 Å². The predicted molar refractivity (Wildman–Crippen MR) is 77.8 cm³/mol. The Hall–Kier alpha value is -2.67. The number of halogens is 1. The van der Waals surface area contributed by atoms with Crippen LogP contribution in [0.3, 0.4) is 0 Å². The van der Waals surface area contributed by atoms with E-state index in [4.69, 9.17) is 5.26 Å². The molecule has 1 atom stereocenters. The third-order valence-electron chi connectivity index (χ3n) is 3.23. The highest BCUT2D eigenvalue weighted by atomic mass is 19.1. The minimum atomic E-state index is -0.623. The van der Waals surface area contributed by atoms with E-state index >= 15 is 0 Å². The molecule has 1 N–H and O–H groups in total. The fraction of sp³-hybridized carbons (Fsp3) is 0.176. The van der Waals surface area contributed by atoms with Gasteiger partial charge >= 0.3 is 0 Å². The summed E-state index contributed by atoms with van der Waals surface area (Å²) in [6.07, 6.45) is -0.0848. The van der Waals surface area contributed by atoms with E-state index in [9.17, 15) is 9.18 Å². The highest BCUT2D eigenvalue weighted by Gasteiger charge is 2.14. The van der Waals surface area contributed by atoms with E-state index in [1.807, 2.05) is 37.3 Å². The topological polar surface area (TPSA) is 52.9 Å². The van der Waals surface area contributed by atoms with E-state index in [1.54, 1.807) is 12.1 Å². The summed E-state index contributed by atoms with van der Waals surface area (Å²) in [6, 6.07) is 15.6. The van der Waals surface area contributed by atoms with E-state index in [0.717, 1.165) is 5.56 Å². The fourth-order valence-corrected chi connectivity index (χ4v) is 2.09. The van der Waals surface area contributed by atoms with Gasteiger partial charge in [-0.25, -0.2) is 4.39 Å². The maximum absolute atomic E-state index is 13.9. The summed E-state index contributed by atoms with van der Waals surface area (Å²) in [5, 5.41) is 11.6. The number of carbonyl (C=O) groups excluding carboxylic acids is 1. The Kier molecular flexibility index (Phi) is 4.68. The van der Waals surface area contributed by atoms with E-state index < -0.39 is 5.82 Å². The standard InChI is InChI=1S/C17H15FN2O/c1-12(13-6-3-2-4-7-13)20-16(21)10-14-8-5-9-15(11-19)17(14)18/h2-9,12H,10H2,1H3,(H,20,21). The molecule has 2 rings (SSSR count). The maximum atomic E-state index is 13.9. The molecule has 1 amide bonds. The van der Waals surface area contributed by atoms with Crippen molar-refractivity contribution >= 4 is 5.91 Å². The van der Waals surface area contributed by atoms with E-state index in [-0.39, 0.29) is 29.5 Å². The Morgan fingerprint density at radius 2 is 1.95 bits per heavy atom. The molecule has 0 radical (unpaired) electrons. The van der Waals surface area contributed by atoms with Crippen LogP contribution in [0.4, 0.5) is 4.39 Å². The smallest absolute Gasteiger partial charge is 0.225 e. The monoisotopic (exact) mass is 282 g/mol. The van der Waals surface area contributed by atoms with Crippen LogP contribution in [0.2, 0.25) is 0 Å². The lowest BCUT2D eigenvalue weighted by Crippen LogP contribution is -2.28. The van der Waals surface area contributed by atoms with Crippen molar-refractivity contribution in [1.29, 1.82) is 5.26 Å². The van der Waals surface area contributed by atoms with Gasteiger partial charge in [0.1, 0.15) is 11.9 Å². The van der Waals surface area contributed by atoms with Crippen molar-refractivity contribution < 1.29 is 9.18 Å². The quantitative estimate of drug-likeness (QED) is 0.936. The molecule has 0 saturated heterocycles. The molecule has 3 nitrogen and oxygen atoms in total. The average Bonchev–Trinajstić information content (AvgIpc) is 2.50. The maximum Gasteiger partial charge on any atom is 0.225 e. The van der Waals surface area contributed by atoms with Gasteiger partial charge in [-0.1, -0.05) is 42.5 Å². The molecule has 2 aromatic rings. The predicted octanol–water partition coefficient (Wildman–Crippen LogP) is 3.12. The Morgan fingerprint density at radius 3 is 2.62 bits per heavy atom. The number of benzene rings is 2. The van der Waals surface area contributed by atoms with Crippen LogP contribution in [-0.4, -0.2) is 5.91 Å². The lowest BCUT2D eigenvalue weighted by Gasteiger charge is -2.14. The molecule has 0 spiro atoms. The molecule has 106 valence electrons. The first-order valence-electron chi connectivity index (χ1n) is 6.63. The Morgan fingerprint density at radius 1 is 1.24 bits per heavy atom. The second-order valence-electron chi connectivity index (χ2n) is 4.77. The number of nitrogens with one attached hydrogen (secondary N) is 1. The summed E-state index contributed by atoms with van der Waals surface area (Å²) in [7, 11) is 0. The zero-order valence-corrected chi connectivity index (χ0v) is 11.6. The van der Waals surface area contributed by atoms with Crippen molar-refractivity contribution in [3.05, 3.63) is 71.0 Å². The van der Waals surface area contributed by atoms with Crippen LogP contribution in [0.25, 0.3) is 0 Å². The minimum Gasteiger partial charge on any atom is -0.349 e. The molecule has 21 heavy (non-hydrogen) atoms. The molecule has 0 aliphatic carbocycles. The number of hydrogen-bond acceptors (Lipinski definition) is 2. The Bertz CT molecular complexity index is 677. The second kappa shape index (κ2) is 6.67. The SMILES string of the molecule is CC(NC(=O)Cc1cccc(C#N)c1F)c1ccccc1. The average molecular weight is 282 g/mol. The molecule has 4 heteroatoms. The van der Waals surface area contributed by atoms with Gasteiger partial charge in [0.2, 0.25) is 5.91 Å². The van der Waals surface area contributed by atoms with Crippen molar-refractivity contribution in [3.63, 3.8) is 0 Å². The fourth-order valence-electron chi connectivity index (χ4n) is 2.09. The number of carbonyl (C=O) groups is 1. The normalized spacial score (nSPS) is 11.5. The van der Waals surface area contributed by atoms with E-state index in [1.165, 1.54) is 12.1 Å². The minimum absolute atomic E-state index is 0.0450. The summed E-state index contributed by atoms with van der Waals surface area (Å²) < 4.78 is 13.9. The van der Waals surface area contributed by atoms with Gasteiger partial charge in [-0.3, -0.25) is 4.79 Å². The lowest BCUT2D eigenvalue weighted by molar-refractivity contribution is -0.121. The van der Waals surface area contributed by atoms with Gasteiger partial charge in [-0.05, 0) is 24.1 Å². The Labute approximate surface area is 123 Å². The highest BCUT2D eigenvalue weighted by molar-refractivity contribution is 5.79. The highest BCUT2D eigenvalue weighted by Crippen LogP contribution is 2.14. The summed E-state index contributed by atoms with van der Waals surface area (Å²) in [5.41, 5.74) is 1.17. The third kappa shape index (κ3) is 3.67. The van der Waals surface area contributed by atoms with Crippen LogP contribution in [0.15, 0.2) is 48.5 Å². The van der Waals surface area contributed by atoms with Gasteiger partial charge in [-0.2, -0.15) is 5.26 Å². The van der Waals surface area contributed by atoms with E-state index in [0.29, 0.717) is 0 Å². The van der Waals surface area contributed by atoms with Crippen LogP contribution < -0.4 is 5.32 Å². The van der Waals surface area contributed by atoms with E-state index in [2.05, 4.69) is 5.32 Å². The van der Waals surface area contributed by atoms with Gasteiger partial charge in [0.05, 0.1) is 18.0 Å². The molecular formula is C17H15FN2O. The molecule has 0 fully saturated rings. The first-order valence-corrected chi connectivity index (χ1v) is 6.63. The number of rotatable bonds is 4. The molecule has 0 bridgehead atoms. The zero-order chi connectivity index (χ0) is 15.2. The molecular weight excluding hydrogens is 267 g/mol. The molecule has 2 aromatic carbocycles. The van der Waals surface area contributed by atoms with Crippen molar-refractivity contribution in [2.45, 2.75) is 19.4 Å². The zero-order valence-electron chi connectivity index (χ0n) is 11.6. The number of hydrogen-bond donors (Lipinski definition) is 1. The van der Waals surface area contributed by atoms with Crippen LogP contribution in [0.1, 0.15) is 29.7 Å². The summed E-state index contributed by atoms with van der Waals surface area (Å²) in [5.74, 6) is -0.900. The number of nitriles is 1. The largest absolute Gasteiger partial charge is 0.349 e. The van der Waals surface area contributed by atoms with Crippen LogP contribution in [0, 0.1) is 17.1 Å². The summed E-state index contributed by atoms with van der Waals surface area (Å²) in [6.45, 7) is 1.87. The van der Waals surface area contributed by atoms with Gasteiger partial charge in [0.25, 0.3) is 0 Å². The number of amides is 1. The number of nitrogens with zero attached hydrogens (tertiary/aromatic N) is 1. The second-order valence-corrected chi connectivity index (χ2v) is 4.77. The van der Waals surface area contributed by atoms with Crippen molar-refractivity contribution in [2.75, 3.05) is 0 Å².